The molecule has 0 saturated heterocycles. The Morgan fingerprint density at radius 3 is 2.33 bits per heavy atom. The summed E-state index contributed by atoms with van der Waals surface area (Å²) in [6.45, 7) is 2.10. The van der Waals surface area contributed by atoms with Gasteiger partial charge in [-0.05, 0) is 30.7 Å². The molecule has 0 atom stereocenters. The van der Waals surface area contributed by atoms with Crippen LogP contribution in [-0.2, 0) is 13.5 Å². The molecule has 0 saturated carbocycles. The van der Waals surface area contributed by atoms with Crippen molar-refractivity contribution in [1.29, 1.82) is 0 Å². The molecule has 2 aromatic carbocycles. The Hall–Kier alpha value is -4.01. The number of ether oxygens (including phenoxy) is 3. The number of benzene rings is 2. The van der Waals surface area contributed by atoms with E-state index < -0.39 is 0 Å². The summed E-state index contributed by atoms with van der Waals surface area (Å²) in [4.78, 5) is 9.70. The number of nitrogens with zero attached hydrogens (tertiary/aromatic N) is 4. The molecule has 0 bridgehead atoms. The number of rotatable bonds is 8. The molecule has 0 fully saturated rings. The first-order valence-electron chi connectivity index (χ1n) is 10.6. The second-order valence-corrected chi connectivity index (χ2v) is 7.50. The molecule has 2 N–H and O–H groups in total. The maximum absolute atomic E-state index is 9.90. The van der Waals surface area contributed by atoms with E-state index in [2.05, 4.69) is 17.3 Å². The van der Waals surface area contributed by atoms with Crippen LogP contribution in [-0.4, -0.2) is 46.2 Å². The van der Waals surface area contributed by atoms with Gasteiger partial charge in [-0.3, -0.25) is 4.68 Å². The average Bonchev–Trinajstić information content (AvgIpc) is 3.13. The normalized spacial score (nSPS) is 10.9. The molecule has 0 radical (unpaired) electrons. The fourth-order valence-electron chi connectivity index (χ4n) is 3.79. The van der Waals surface area contributed by atoms with Crippen LogP contribution in [0.4, 0.5) is 11.5 Å². The Morgan fingerprint density at radius 2 is 1.73 bits per heavy atom. The van der Waals surface area contributed by atoms with Crippen molar-refractivity contribution in [2.24, 2.45) is 7.05 Å². The van der Waals surface area contributed by atoms with E-state index in [9.17, 15) is 5.11 Å². The standard InChI is InChI=1S/C24H27N5O4/c1-6-8-17-20-21(29(2)28-17)24(25-15-9-7-10-16(30)13-15)27-23(26-20)14-11-18(31-3)22(33-5)19(12-14)32-4/h7,9-13,30H,6,8H2,1-5H3,(H,25,26,27). The zero-order valence-corrected chi connectivity index (χ0v) is 19.3. The van der Waals surface area contributed by atoms with Crippen molar-refractivity contribution in [3.05, 3.63) is 42.1 Å². The number of hydrogen-bond acceptors (Lipinski definition) is 8. The molecule has 0 aliphatic rings. The van der Waals surface area contributed by atoms with Gasteiger partial charge >= 0.3 is 0 Å². The number of phenolic OH excluding ortho intramolecular Hbond substituents is 1. The van der Waals surface area contributed by atoms with E-state index in [4.69, 9.17) is 24.2 Å². The molecule has 172 valence electrons. The average molecular weight is 450 g/mol. The molecule has 4 rings (SSSR count). The minimum atomic E-state index is 0.159. The topological polar surface area (TPSA) is 104 Å². The number of methoxy groups -OCH3 is 3. The maximum Gasteiger partial charge on any atom is 0.203 e. The summed E-state index contributed by atoms with van der Waals surface area (Å²) >= 11 is 0. The first kappa shape index (κ1) is 22.2. The van der Waals surface area contributed by atoms with Crippen LogP contribution < -0.4 is 19.5 Å². The van der Waals surface area contributed by atoms with Gasteiger partial charge in [0.05, 0.1) is 27.0 Å². The fraction of sp³-hybridized carbons (Fsp3) is 0.292. The lowest BCUT2D eigenvalue weighted by atomic mass is 10.1. The number of aromatic hydroxyl groups is 1. The summed E-state index contributed by atoms with van der Waals surface area (Å²) in [5, 5.41) is 17.9. The lowest BCUT2D eigenvalue weighted by molar-refractivity contribution is 0.324. The minimum absolute atomic E-state index is 0.159. The maximum atomic E-state index is 9.90. The van der Waals surface area contributed by atoms with Gasteiger partial charge in [-0.2, -0.15) is 5.10 Å². The summed E-state index contributed by atoms with van der Waals surface area (Å²) in [7, 11) is 6.57. The molecule has 4 aromatic rings. The summed E-state index contributed by atoms with van der Waals surface area (Å²) in [5.74, 6) is 2.74. The van der Waals surface area contributed by atoms with Crippen LogP contribution in [0.5, 0.6) is 23.0 Å². The fourth-order valence-corrected chi connectivity index (χ4v) is 3.79. The number of phenols is 1. The summed E-state index contributed by atoms with van der Waals surface area (Å²) in [5.41, 5.74) is 3.84. The molecule has 0 aliphatic carbocycles. The smallest absolute Gasteiger partial charge is 0.203 e. The Morgan fingerprint density at radius 1 is 1.00 bits per heavy atom. The van der Waals surface area contributed by atoms with E-state index in [1.165, 1.54) is 0 Å². The van der Waals surface area contributed by atoms with Gasteiger partial charge in [0.15, 0.2) is 23.1 Å². The van der Waals surface area contributed by atoms with Crippen LogP contribution in [0.25, 0.3) is 22.4 Å². The Balaban J connectivity index is 1.95. The molecular formula is C24H27N5O4. The van der Waals surface area contributed by atoms with Crippen molar-refractivity contribution in [3.63, 3.8) is 0 Å². The largest absolute Gasteiger partial charge is 0.508 e. The van der Waals surface area contributed by atoms with E-state index >= 15 is 0 Å². The molecule has 0 unspecified atom stereocenters. The monoisotopic (exact) mass is 449 g/mol. The number of fused-ring (bicyclic) bond motifs is 1. The van der Waals surface area contributed by atoms with Crippen LogP contribution in [0.3, 0.4) is 0 Å². The van der Waals surface area contributed by atoms with Gasteiger partial charge in [-0.1, -0.05) is 19.4 Å². The molecular weight excluding hydrogens is 422 g/mol. The third kappa shape index (κ3) is 4.21. The van der Waals surface area contributed by atoms with E-state index in [-0.39, 0.29) is 5.75 Å². The molecule has 2 heterocycles. The van der Waals surface area contributed by atoms with Crippen LogP contribution in [0.2, 0.25) is 0 Å². The first-order valence-corrected chi connectivity index (χ1v) is 10.6. The predicted octanol–water partition coefficient (Wildman–Crippen LogP) is 4.46. The van der Waals surface area contributed by atoms with Crippen LogP contribution >= 0.6 is 0 Å². The van der Waals surface area contributed by atoms with Gasteiger partial charge in [-0.15, -0.1) is 0 Å². The molecule has 2 aromatic heterocycles. The van der Waals surface area contributed by atoms with E-state index in [1.54, 1.807) is 44.2 Å². The Bertz CT molecular complexity index is 1280. The van der Waals surface area contributed by atoms with Crippen molar-refractivity contribution >= 4 is 22.5 Å². The van der Waals surface area contributed by atoms with Gasteiger partial charge in [0.25, 0.3) is 0 Å². The van der Waals surface area contributed by atoms with E-state index in [0.29, 0.717) is 40.1 Å². The molecule has 9 heteroatoms. The summed E-state index contributed by atoms with van der Waals surface area (Å²) in [6, 6.07) is 10.5. The van der Waals surface area contributed by atoms with Gasteiger partial charge in [0.2, 0.25) is 5.75 Å². The number of anilines is 2. The zero-order chi connectivity index (χ0) is 23.5. The number of aryl methyl sites for hydroxylation is 2. The van der Waals surface area contributed by atoms with Crippen LogP contribution in [0.1, 0.15) is 19.0 Å². The highest BCUT2D eigenvalue weighted by molar-refractivity contribution is 5.91. The summed E-state index contributed by atoms with van der Waals surface area (Å²) < 4.78 is 18.3. The van der Waals surface area contributed by atoms with Gasteiger partial charge in [-0.25, -0.2) is 9.97 Å². The Kier molecular flexibility index (Phi) is 6.21. The lowest BCUT2D eigenvalue weighted by Gasteiger charge is -2.15. The van der Waals surface area contributed by atoms with Crippen molar-refractivity contribution in [2.75, 3.05) is 26.6 Å². The van der Waals surface area contributed by atoms with Crippen LogP contribution in [0.15, 0.2) is 36.4 Å². The van der Waals surface area contributed by atoms with E-state index in [1.807, 2.05) is 25.2 Å². The quantitative estimate of drug-likeness (QED) is 0.406. The summed E-state index contributed by atoms with van der Waals surface area (Å²) in [6.07, 6.45) is 1.72. The van der Waals surface area contributed by atoms with Crippen LogP contribution in [0, 0.1) is 0 Å². The van der Waals surface area contributed by atoms with Crippen molar-refractivity contribution < 1.29 is 19.3 Å². The van der Waals surface area contributed by atoms with Gasteiger partial charge in [0, 0.05) is 24.4 Å². The zero-order valence-electron chi connectivity index (χ0n) is 19.3. The predicted molar refractivity (Wildman–Crippen MR) is 127 cm³/mol. The number of hydrogen-bond donors (Lipinski definition) is 2. The van der Waals surface area contributed by atoms with E-state index in [0.717, 1.165) is 29.6 Å². The molecule has 0 spiro atoms. The molecule has 33 heavy (non-hydrogen) atoms. The van der Waals surface area contributed by atoms with Gasteiger partial charge < -0.3 is 24.6 Å². The van der Waals surface area contributed by atoms with Crippen molar-refractivity contribution in [2.45, 2.75) is 19.8 Å². The highest BCUT2D eigenvalue weighted by atomic mass is 16.5. The number of nitrogens with one attached hydrogen (secondary N) is 1. The highest BCUT2D eigenvalue weighted by Crippen LogP contribution is 2.41. The number of aromatic nitrogens is 4. The molecule has 9 nitrogen and oxygen atoms in total. The minimum Gasteiger partial charge on any atom is -0.508 e. The lowest BCUT2D eigenvalue weighted by Crippen LogP contribution is -2.02. The molecule has 0 aliphatic heterocycles. The first-order chi connectivity index (χ1) is 16.0. The Labute approximate surface area is 192 Å². The highest BCUT2D eigenvalue weighted by Gasteiger charge is 2.20. The SMILES string of the molecule is CCCc1nn(C)c2c(Nc3cccc(O)c3)nc(-c3cc(OC)c(OC)c(OC)c3)nc12. The van der Waals surface area contributed by atoms with Gasteiger partial charge in [0.1, 0.15) is 16.8 Å². The molecule has 0 amide bonds. The third-order valence-electron chi connectivity index (χ3n) is 5.27. The second-order valence-electron chi connectivity index (χ2n) is 7.50. The van der Waals surface area contributed by atoms with Crippen molar-refractivity contribution in [3.8, 4) is 34.4 Å². The third-order valence-corrected chi connectivity index (χ3v) is 5.27. The second kappa shape index (κ2) is 9.23. The van der Waals surface area contributed by atoms with Crippen molar-refractivity contribution in [1.82, 2.24) is 19.7 Å².